The normalized spacial score (nSPS) is 23.1. The Morgan fingerprint density at radius 2 is 1.88 bits per heavy atom. The van der Waals surface area contributed by atoms with Gasteiger partial charge in [-0.25, -0.2) is 4.79 Å². The van der Waals surface area contributed by atoms with Gasteiger partial charge in [-0.15, -0.1) is 0 Å². The van der Waals surface area contributed by atoms with E-state index in [4.69, 9.17) is 0 Å². The third kappa shape index (κ3) is 3.32. The molecule has 0 radical (unpaired) electrons. The van der Waals surface area contributed by atoms with Crippen LogP contribution in [-0.4, -0.2) is 21.1 Å². The molecule has 0 unspecified atom stereocenters. The first-order chi connectivity index (χ1) is 12.4. The molecule has 26 heavy (non-hydrogen) atoms. The molecule has 3 atom stereocenters. The number of rotatable bonds is 4. The fourth-order valence-electron chi connectivity index (χ4n) is 3.98. The van der Waals surface area contributed by atoms with Gasteiger partial charge >= 0.3 is 5.69 Å². The first-order valence-corrected chi connectivity index (χ1v) is 9.45. The molecule has 1 aromatic heterocycles. The van der Waals surface area contributed by atoms with Crippen LogP contribution in [0.3, 0.4) is 0 Å². The molecule has 0 spiro atoms. The standard InChI is InChI=1S/C20H27N3O3/c1-4-22-19(25)15-9-5-6-11-17(15)23(20(22)26)12-18(24)21-16-10-7-8-13(2)14(16)3/h5-6,9,11,13-14,16H,4,7-8,10,12H2,1-3H3,(H,21,24)/t13-,14+,16-/m1/s1. The number of carbonyl (C=O) groups excluding carboxylic acids is 1. The number of hydrogen-bond donors (Lipinski definition) is 1. The summed E-state index contributed by atoms with van der Waals surface area (Å²) in [6.45, 7) is 6.36. The Morgan fingerprint density at radius 1 is 1.15 bits per heavy atom. The summed E-state index contributed by atoms with van der Waals surface area (Å²) in [6.07, 6.45) is 3.28. The molecule has 2 aromatic rings. The number of nitrogens with zero attached hydrogens (tertiary/aromatic N) is 2. The van der Waals surface area contributed by atoms with Crippen LogP contribution in [0.2, 0.25) is 0 Å². The molecule has 1 aromatic carbocycles. The minimum absolute atomic E-state index is 0.0722. The van der Waals surface area contributed by atoms with Crippen molar-refractivity contribution in [2.75, 3.05) is 0 Å². The van der Waals surface area contributed by atoms with Crippen molar-refractivity contribution in [2.45, 2.75) is 59.2 Å². The summed E-state index contributed by atoms with van der Waals surface area (Å²) in [5.41, 5.74) is -0.233. The van der Waals surface area contributed by atoms with Gasteiger partial charge < -0.3 is 5.32 Å². The lowest BCUT2D eigenvalue weighted by molar-refractivity contribution is -0.123. The molecule has 1 fully saturated rings. The van der Waals surface area contributed by atoms with Gasteiger partial charge in [-0.2, -0.15) is 0 Å². The van der Waals surface area contributed by atoms with Crippen molar-refractivity contribution < 1.29 is 4.79 Å². The highest BCUT2D eigenvalue weighted by Gasteiger charge is 2.28. The Labute approximate surface area is 152 Å². The number of para-hydroxylation sites is 1. The maximum atomic E-state index is 12.7. The van der Waals surface area contributed by atoms with Crippen molar-refractivity contribution in [3.8, 4) is 0 Å². The molecular formula is C20H27N3O3. The molecule has 1 aliphatic rings. The van der Waals surface area contributed by atoms with Crippen LogP contribution in [0.25, 0.3) is 10.9 Å². The number of fused-ring (bicyclic) bond motifs is 1. The van der Waals surface area contributed by atoms with Crippen molar-refractivity contribution in [3.05, 3.63) is 45.1 Å². The van der Waals surface area contributed by atoms with Crippen LogP contribution >= 0.6 is 0 Å². The first-order valence-electron chi connectivity index (χ1n) is 9.45. The number of aromatic nitrogens is 2. The number of nitrogens with one attached hydrogen (secondary N) is 1. The van der Waals surface area contributed by atoms with Crippen LogP contribution in [0, 0.1) is 11.8 Å². The van der Waals surface area contributed by atoms with Crippen molar-refractivity contribution in [1.82, 2.24) is 14.5 Å². The molecular weight excluding hydrogens is 330 g/mol. The monoisotopic (exact) mass is 357 g/mol. The van der Waals surface area contributed by atoms with E-state index in [9.17, 15) is 14.4 Å². The first kappa shape index (κ1) is 18.4. The predicted molar refractivity (Wildman–Crippen MR) is 102 cm³/mol. The van der Waals surface area contributed by atoms with E-state index in [1.165, 1.54) is 15.6 Å². The fraction of sp³-hybridized carbons (Fsp3) is 0.550. The fourth-order valence-corrected chi connectivity index (χ4v) is 3.98. The lowest BCUT2D eigenvalue weighted by atomic mass is 9.78. The lowest BCUT2D eigenvalue weighted by Crippen LogP contribution is -2.47. The maximum absolute atomic E-state index is 12.7. The summed E-state index contributed by atoms with van der Waals surface area (Å²) in [7, 11) is 0. The molecule has 3 rings (SSSR count). The maximum Gasteiger partial charge on any atom is 0.331 e. The van der Waals surface area contributed by atoms with Crippen molar-refractivity contribution in [3.63, 3.8) is 0 Å². The largest absolute Gasteiger partial charge is 0.352 e. The van der Waals surface area contributed by atoms with E-state index in [1.54, 1.807) is 31.2 Å². The summed E-state index contributed by atoms with van der Waals surface area (Å²) in [5.74, 6) is 0.829. The second-order valence-corrected chi connectivity index (χ2v) is 7.38. The molecule has 0 aliphatic heterocycles. The highest BCUT2D eigenvalue weighted by atomic mass is 16.2. The van der Waals surface area contributed by atoms with E-state index < -0.39 is 5.69 Å². The van der Waals surface area contributed by atoms with E-state index in [0.717, 1.165) is 12.8 Å². The van der Waals surface area contributed by atoms with Gasteiger partial charge in [0.25, 0.3) is 5.56 Å². The molecule has 6 heteroatoms. The van der Waals surface area contributed by atoms with Crippen molar-refractivity contribution >= 4 is 16.8 Å². The van der Waals surface area contributed by atoms with E-state index >= 15 is 0 Å². The summed E-state index contributed by atoms with van der Waals surface area (Å²) in [4.78, 5) is 37.8. The topological polar surface area (TPSA) is 73.1 Å². The van der Waals surface area contributed by atoms with Gasteiger partial charge in [0.15, 0.2) is 0 Å². The van der Waals surface area contributed by atoms with Gasteiger partial charge in [0.1, 0.15) is 6.54 Å². The predicted octanol–water partition coefficient (Wildman–Crippen LogP) is 2.12. The van der Waals surface area contributed by atoms with Crippen LogP contribution in [0.1, 0.15) is 40.0 Å². The quantitative estimate of drug-likeness (QED) is 0.911. The second-order valence-electron chi connectivity index (χ2n) is 7.38. The van der Waals surface area contributed by atoms with E-state index in [-0.39, 0.29) is 30.6 Å². The number of hydrogen-bond acceptors (Lipinski definition) is 3. The lowest BCUT2D eigenvalue weighted by Gasteiger charge is -2.34. The molecule has 0 saturated heterocycles. The average Bonchev–Trinajstić information content (AvgIpc) is 2.63. The zero-order valence-corrected chi connectivity index (χ0v) is 15.7. The average molecular weight is 357 g/mol. The van der Waals surface area contributed by atoms with Crippen LogP contribution in [0.4, 0.5) is 0 Å². The SMILES string of the molecule is CCn1c(=O)c2ccccc2n(CC(=O)N[C@@H]2CCC[C@@H](C)[C@@H]2C)c1=O. The van der Waals surface area contributed by atoms with Crippen molar-refractivity contribution in [2.24, 2.45) is 11.8 Å². The molecule has 1 N–H and O–H groups in total. The second kappa shape index (κ2) is 7.48. The summed E-state index contributed by atoms with van der Waals surface area (Å²) in [6, 6.07) is 7.10. The number of amides is 1. The third-order valence-corrected chi connectivity index (χ3v) is 5.80. The Bertz CT molecular complexity index is 928. The molecule has 1 amide bonds. The van der Waals surface area contributed by atoms with E-state index in [2.05, 4.69) is 19.2 Å². The van der Waals surface area contributed by atoms with Gasteiger partial charge in [-0.3, -0.25) is 18.7 Å². The summed E-state index contributed by atoms with van der Waals surface area (Å²) >= 11 is 0. The highest BCUT2D eigenvalue weighted by molar-refractivity contribution is 5.81. The zero-order valence-electron chi connectivity index (χ0n) is 15.7. The molecule has 1 heterocycles. The smallest absolute Gasteiger partial charge is 0.331 e. The Balaban J connectivity index is 1.92. The van der Waals surface area contributed by atoms with Crippen LogP contribution in [0.15, 0.2) is 33.9 Å². The van der Waals surface area contributed by atoms with Gasteiger partial charge in [-0.05, 0) is 37.3 Å². The third-order valence-electron chi connectivity index (χ3n) is 5.80. The summed E-state index contributed by atoms with van der Waals surface area (Å²) in [5, 5.41) is 3.57. The highest BCUT2D eigenvalue weighted by Crippen LogP contribution is 2.29. The van der Waals surface area contributed by atoms with E-state index in [0.29, 0.717) is 22.7 Å². The molecule has 6 nitrogen and oxygen atoms in total. The molecule has 1 saturated carbocycles. The number of carbonyl (C=O) groups is 1. The molecule has 0 bridgehead atoms. The minimum atomic E-state index is -0.434. The van der Waals surface area contributed by atoms with Gasteiger partial charge in [0, 0.05) is 12.6 Å². The Morgan fingerprint density at radius 3 is 2.62 bits per heavy atom. The minimum Gasteiger partial charge on any atom is -0.352 e. The van der Waals surface area contributed by atoms with Gasteiger partial charge in [0.05, 0.1) is 10.9 Å². The van der Waals surface area contributed by atoms with Crippen LogP contribution < -0.4 is 16.6 Å². The van der Waals surface area contributed by atoms with Gasteiger partial charge in [0.2, 0.25) is 5.91 Å². The van der Waals surface area contributed by atoms with Crippen LogP contribution in [-0.2, 0) is 17.9 Å². The Hall–Kier alpha value is -2.37. The Kier molecular flexibility index (Phi) is 5.30. The molecule has 140 valence electrons. The van der Waals surface area contributed by atoms with Gasteiger partial charge in [-0.1, -0.05) is 38.8 Å². The zero-order chi connectivity index (χ0) is 18.8. The van der Waals surface area contributed by atoms with Crippen molar-refractivity contribution in [1.29, 1.82) is 0 Å². The molecule has 1 aliphatic carbocycles. The summed E-state index contributed by atoms with van der Waals surface area (Å²) < 4.78 is 2.59. The van der Waals surface area contributed by atoms with Crippen LogP contribution in [0.5, 0.6) is 0 Å². The number of benzene rings is 1. The van der Waals surface area contributed by atoms with E-state index in [1.807, 2.05) is 0 Å².